The Balaban J connectivity index is 0.906. The van der Waals surface area contributed by atoms with Gasteiger partial charge in [0.2, 0.25) is 0 Å². The number of benzene rings is 15. The lowest BCUT2D eigenvalue weighted by molar-refractivity contribution is 0.669. The summed E-state index contributed by atoms with van der Waals surface area (Å²) in [4.78, 5) is 0. The van der Waals surface area contributed by atoms with Gasteiger partial charge < -0.3 is 8.83 Å². The Morgan fingerprint density at radius 3 is 0.878 bits per heavy atom. The first-order chi connectivity index (χ1) is 36.7. The van der Waals surface area contributed by atoms with Gasteiger partial charge in [-0.25, -0.2) is 0 Å². The first-order valence-corrected chi connectivity index (χ1v) is 25.5. The highest BCUT2D eigenvalue weighted by Gasteiger charge is 2.24. The van der Waals surface area contributed by atoms with E-state index < -0.39 is 0 Å². The maximum atomic E-state index is 6.80. The molecule has 74 heavy (non-hydrogen) atoms. The molecule has 15 aromatic carbocycles. The quantitative estimate of drug-likeness (QED) is 0.130. The predicted molar refractivity (Wildman–Crippen MR) is 315 cm³/mol. The molecule has 0 bridgehead atoms. The van der Waals surface area contributed by atoms with E-state index in [1.165, 1.54) is 125 Å². The van der Waals surface area contributed by atoms with Crippen LogP contribution in [0.2, 0.25) is 0 Å². The molecule has 2 aromatic heterocycles. The molecule has 0 atom stereocenters. The number of hydrogen-bond acceptors (Lipinski definition) is 2. The van der Waals surface area contributed by atoms with E-state index >= 15 is 0 Å². The molecule has 17 aromatic rings. The third kappa shape index (κ3) is 5.54. The van der Waals surface area contributed by atoms with Gasteiger partial charge in [-0.2, -0.15) is 0 Å². The highest BCUT2D eigenvalue weighted by Crippen LogP contribution is 2.51. The fourth-order valence-electron chi connectivity index (χ4n) is 13.1. The van der Waals surface area contributed by atoms with Crippen molar-refractivity contribution in [1.82, 2.24) is 0 Å². The molecular formula is C72H40O2. The number of rotatable bonds is 3. The van der Waals surface area contributed by atoms with Gasteiger partial charge in [0.05, 0.1) is 0 Å². The molecule has 2 heterocycles. The van der Waals surface area contributed by atoms with Gasteiger partial charge in [-0.15, -0.1) is 0 Å². The summed E-state index contributed by atoms with van der Waals surface area (Å²) in [5.74, 6) is 0. The van der Waals surface area contributed by atoms with Crippen LogP contribution in [0.25, 0.3) is 174 Å². The first-order valence-electron chi connectivity index (χ1n) is 25.5. The van der Waals surface area contributed by atoms with Crippen LogP contribution in [-0.4, -0.2) is 0 Å². The van der Waals surface area contributed by atoms with Crippen molar-refractivity contribution in [3.05, 3.63) is 243 Å². The molecule has 340 valence electrons. The summed E-state index contributed by atoms with van der Waals surface area (Å²) >= 11 is 0. The van der Waals surface area contributed by atoms with Crippen molar-refractivity contribution in [3.8, 4) is 33.4 Å². The first kappa shape index (κ1) is 39.9. The van der Waals surface area contributed by atoms with E-state index in [2.05, 4.69) is 243 Å². The Labute approximate surface area is 423 Å². The zero-order valence-electron chi connectivity index (χ0n) is 39.9. The average molecular weight is 937 g/mol. The van der Waals surface area contributed by atoms with Crippen molar-refractivity contribution in [2.75, 3.05) is 0 Å². The van der Waals surface area contributed by atoms with Crippen LogP contribution < -0.4 is 0 Å². The maximum absolute atomic E-state index is 6.80. The molecule has 0 amide bonds. The maximum Gasteiger partial charge on any atom is 0.136 e. The van der Waals surface area contributed by atoms with Gasteiger partial charge in [0.15, 0.2) is 0 Å². The van der Waals surface area contributed by atoms with Crippen LogP contribution in [-0.2, 0) is 0 Å². The molecule has 0 N–H and O–H groups in total. The van der Waals surface area contributed by atoms with E-state index in [0.29, 0.717) is 0 Å². The van der Waals surface area contributed by atoms with Crippen LogP contribution in [0.4, 0.5) is 0 Å². The van der Waals surface area contributed by atoms with E-state index in [0.717, 1.165) is 49.4 Å². The van der Waals surface area contributed by atoms with Crippen LogP contribution >= 0.6 is 0 Å². The second kappa shape index (κ2) is 14.9. The Hall–Kier alpha value is -9.76. The van der Waals surface area contributed by atoms with Gasteiger partial charge >= 0.3 is 0 Å². The molecule has 0 saturated carbocycles. The monoisotopic (exact) mass is 936 g/mol. The lowest BCUT2D eigenvalue weighted by Crippen LogP contribution is -1.94. The van der Waals surface area contributed by atoms with Crippen molar-refractivity contribution >= 4 is 141 Å². The van der Waals surface area contributed by atoms with Crippen molar-refractivity contribution in [2.24, 2.45) is 0 Å². The van der Waals surface area contributed by atoms with Gasteiger partial charge in [-0.1, -0.05) is 182 Å². The average Bonchev–Trinajstić information content (AvgIpc) is 4.01. The largest absolute Gasteiger partial charge is 0.456 e. The topological polar surface area (TPSA) is 26.3 Å². The van der Waals surface area contributed by atoms with Gasteiger partial charge in [0, 0.05) is 21.5 Å². The van der Waals surface area contributed by atoms with E-state index in [9.17, 15) is 0 Å². The normalized spacial score (nSPS) is 12.3. The van der Waals surface area contributed by atoms with Gasteiger partial charge in [-0.3, -0.25) is 0 Å². The van der Waals surface area contributed by atoms with Crippen molar-refractivity contribution in [1.29, 1.82) is 0 Å². The van der Waals surface area contributed by atoms with Crippen LogP contribution in [0.3, 0.4) is 0 Å². The van der Waals surface area contributed by atoms with E-state index in [1.54, 1.807) is 0 Å². The zero-order valence-corrected chi connectivity index (χ0v) is 39.9. The SMILES string of the molecule is c1ccc2cc3c(cc2c1)oc1ccc(-c2c4ccccc4c(-c4c5ccccc5c(-c5ccc6oc7cc8c9ccccc9c9cc%10ccccc%10cc9c8cc7c6c5)c5ccccc45)c4ccccc24)cc13. The summed E-state index contributed by atoms with van der Waals surface area (Å²) in [6.45, 7) is 0. The third-order valence-corrected chi connectivity index (χ3v) is 16.3. The number of fused-ring (bicyclic) bond motifs is 18. The molecule has 0 aliphatic heterocycles. The van der Waals surface area contributed by atoms with Crippen LogP contribution in [0, 0.1) is 0 Å². The summed E-state index contributed by atoms with van der Waals surface area (Å²) in [7, 11) is 0. The minimum Gasteiger partial charge on any atom is -0.456 e. The summed E-state index contributed by atoms with van der Waals surface area (Å²) < 4.78 is 13.3. The summed E-state index contributed by atoms with van der Waals surface area (Å²) in [5.41, 5.74) is 10.9. The number of hydrogen-bond donors (Lipinski definition) is 0. The molecule has 0 unspecified atom stereocenters. The second-order valence-corrected chi connectivity index (χ2v) is 20.2. The fraction of sp³-hybridized carbons (Fsp3) is 0. The molecule has 0 radical (unpaired) electrons. The van der Waals surface area contributed by atoms with Crippen LogP contribution in [0.1, 0.15) is 0 Å². The molecule has 2 nitrogen and oxygen atoms in total. The summed E-state index contributed by atoms with van der Waals surface area (Å²) in [6, 6.07) is 89.6. The van der Waals surface area contributed by atoms with Gasteiger partial charge in [0.1, 0.15) is 22.3 Å². The molecule has 17 rings (SSSR count). The Morgan fingerprint density at radius 1 is 0.162 bits per heavy atom. The highest BCUT2D eigenvalue weighted by molar-refractivity contribution is 6.32. The summed E-state index contributed by atoms with van der Waals surface area (Å²) in [6.07, 6.45) is 0. The minimum atomic E-state index is 0.884. The van der Waals surface area contributed by atoms with E-state index in [1.807, 2.05) is 0 Å². The van der Waals surface area contributed by atoms with Crippen molar-refractivity contribution < 1.29 is 8.83 Å². The van der Waals surface area contributed by atoms with Gasteiger partial charge in [-0.05, 0) is 191 Å². The standard InChI is InChI=1S/C72H40O2/c1-2-16-42-34-58-57(33-41(42)15-1)47-19-5-6-20-48(47)60-40-68-64(39-59(58)60)62-37-46(30-32-66(62)74-68)70-51-23-9-13-27-55(51)72(56-28-14-10-24-52(56)70)71-53-25-11-7-21-49(53)69(50-22-8-12-26-54(50)71)45-29-31-65-61(36-45)63-35-43-17-3-4-18-44(43)38-67(63)73-65/h1-40H. The molecule has 0 fully saturated rings. The van der Waals surface area contributed by atoms with Crippen molar-refractivity contribution in [2.45, 2.75) is 0 Å². The molecule has 0 aliphatic carbocycles. The molecule has 0 saturated heterocycles. The Kier molecular flexibility index (Phi) is 8.03. The fourth-order valence-corrected chi connectivity index (χ4v) is 13.1. The van der Waals surface area contributed by atoms with E-state index in [-0.39, 0.29) is 0 Å². The lowest BCUT2D eigenvalue weighted by atomic mass is 9.81. The molecule has 0 spiro atoms. The highest BCUT2D eigenvalue weighted by atomic mass is 16.3. The van der Waals surface area contributed by atoms with Crippen LogP contribution in [0.5, 0.6) is 0 Å². The zero-order chi connectivity index (χ0) is 48.2. The van der Waals surface area contributed by atoms with Crippen molar-refractivity contribution in [3.63, 3.8) is 0 Å². The Bertz CT molecular complexity index is 5210. The van der Waals surface area contributed by atoms with Crippen LogP contribution in [0.15, 0.2) is 251 Å². The predicted octanol–water partition coefficient (Wildman–Crippen LogP) is 20.9. The molecule has 0 aliphatic rings. The van der Waals surface area contributed by atoms with E-state index in [4.69, 9.17) is 8.83 Å². The molecule has 2 heteroatoms. The smallest absolute Gasteiger partial charge is 0.136 e. The van der Waals surface area contributed by atoms with Gasteiger partial charge in [0.25, 0.3) is 0 Å². The third-order valence-electron chi connectivity index (χ3n) is 16.3. The Morgan fingerprint density at radius 2 is 0.446 bits per heavy atom. The lowest BCUT2D eigenvalue weighted by Gasteiger charge is -2.22. The molecular weight excluding hydrogens is 897 g/mol. The minimum absolute atomic E-state index is 0.884. The number of furan rings is 2. The second-order valence-electron chi connectivity index (χ2n) is 20.2. The summed E-state index contributed by atoms with van der Waals surface area (Å²) in [5, 5.41) is 26.6.